The summed E-state index contributed by atoms with van der Waals surface area (Å²) in [5.41, 5.74) is 2.63. The van der Waals surface area contributed by atoms with E-state index in [9.17, 15) is 0 Å². The fraction of sp³-hybridized carbons (Fsp3) is 0.267. The molecule has 1 aromatic heterocycles. The normalized spacial score (nSPS) is 12.2. The van der Waals surface area contributed by atoms with Crippen molar-refractivity contribution >= 4 is 21.7 Å². The summed E-state index contributed by atoms with van der Waals surface area (Å²) >= 11 is 3.50. The summed E-state index contributed by atoms with van der Waals surface area (Å²) in [6, 6.07) is 12.9. The summed E-state index contributed by atoms with van der Waals surface area (Å²) in [4.78, 5) is 4.32. The Morgan fingerprint density at radius 2 is 1.94 bits per heavy atom. The average Bonchev–Trinajstić information content (AvgIpc) is 2.41. The first-order valence-corrected chi connectivity index (χ1v) is 6.96. The van der Waals surface area contributed by atoms with Crippen LogP contribution in [-0.2, 0) is 6.42 Å². The van der Waals surface area contributed by atoms with E-state index in [4.69, 9.17) is 0 Å². The van der Waals surface area contributed by atoms with Gasteiger partial charge in [-0.25, -0.2) is 4.98 Å². The topological polar surface area (TPSA) is 24.9 Å². The number of nitrogens with one attached hydrogen (secondary N) is 1. The number of rotatable bonds is 4. The molecule has 2 rings (SSSR count). The second-order valence-electron chi connectivity index (χ2n) is 4.29. The number of anilines is 1. The molecule has 0 saturated heterocycles. The molecular weight excluding hydrogens is 288 g/mol. The Morgan fingerprint density at radius 1 is 1.22 bits per heavy atom. The molecule has 0 saturated carbocycles. The van der Waals surface area contributed by atoms with Gasteiger partial charge >= 0.3 is 0 Å². The fourth-order valence-electron chi connectivity index (χ4n) is 1.82. The van der Waals surface area contributed by atoms with Crippen molar-refractivity contribution in [2.24, 2.45) is 0 Å². The minimum atomic E-state index is 0.238. The van der Waals surface area contributed by atoms with Crippen LogP contribution in [0, 0.1) is 0 Å². The third-order valence-corrected chi connectivity index (χ3v) is 3.64. The van der Waals surface area contributed by atoms with Crippen LogP contribution in [0.5, 0.6) is 0 Å². The zero-order valence-corrected chi connectivity index (χ0v) is 12.2. The predicted molar refractivity (Wildman–Crippen MR) is 79.8 cm³/mol. The zero-order valence-electron chi connectivity index (χ0n) is 10.7. The molecule has 0 spiro atoms. The van der Waals surface area contributed by atoms with Gasteiger partial charge in [0.1, 0.15) is 5.82 Å². The Morgan fingerprint density at radius 3 is 2.56 bits per heavy atom. The van der Waals surface area contributed by atoms with Gasteiger partial charge in [-0.1, -0.05) is 31.2 Å². The predicted octanol–water partition coefficient (Wildman–Crippen LogP) is 4.58. The standard InChI is InChI=1S/C15H17BrN2/c1-3-12-6-8-13(9-7-12)11(2)18-15-14(16)5-4-10-17-15/h4-11H,3H2,1-2H3,(H,17,18). The second-order valence-corrected chi connectivity index (χ2v) is 5.15. The van der Waals surface area contributed by atoms with E-state index in [1.165, 1.54) is 11.1 Å². The maximum absolute atomic E-state index is 4.32. The van der Waals surface area contributed by atoms with Gasteiger partial charge in [0.2, 0.25) is 0 Å². The number of benzene rings is 1. The fourth-order valence-corrected chi connectivity index (χ4v) is 2.19. The van der Waals surface area contributed by atoms with Gasteiger partial charge in [-0.3, -0.25) is 0 Å². The number of hydrogen-bond donors (Lipinski definition) is 1. The third kappa shape index (κ3) is 3.10. The number of pyridine rings is 1. The molecule has 0 aliphatic rings. The van der Waals surface area contributed by atoms with Gasteiger partial charge in [0.15, 0.2) is 0 Å². The summed E-state index contributed by atoms with van der Waals surface area (Å²) in [5.74, 6) is 0.879. The molecule has 94 valence electrons. The lowest BCUT2D eigenvalue weighted by atomic mass is 10.1. The van der Waals surface area contributed by atoms with Gasteiger partial charge in [0, 0.05) is 12.2 Å². The van der Waals surface area contributed by atoms with Gasteiger partial charge in [-0.05, 0) is 52.5 Å². The first-order valence-electron chi connectivity index (χ1n) is 6.16. The van der Waals surface area contributed by atoms with Crippen LogP contribution in [0.2, 0.25) is 0 Å². The average molecular weight is 305 g/mol. The molecule has 1 N–H and O–H groups in total. The maximum Gasteiger partial charge on any atom is 0.140 e. The Hall–Kier alpha value is -1.35. The molecule has 1 aromatic carbocycles. The van der Waals surface area contributed by atoms with E-state index in [-0.39, 0.29) is 6.04 Å². The molecule has 3 heteroatoms. The highest BCUT2D eigenvalue weighted by Gasteiger charge is 2.07. The number of nitrogens with zero attached hydrogens (tertiary/aromatic N) is 1. The van der Waals surface area contributed by atoms with Crippen LogP contribution < -0.4 is 5.32 Å². The highest BCUT2D eigenvalue weighted by Crippen LogP contribution is 2.24. The molecule has 0 amide bonds. The van der Waals surface area contributed by atoms with Crippen LogP contribution in [-0.4, -0.2) is 4.98 Å². The Labute approximate surface area is 117 Å². The zero-order chi connectivity index (χ0) is 13.0. The minimum absolute atomic E-state index is 0.238. The lowest BCUT2D eigenvalue weighted by Crippen LogP contribution is -2.08. The number of hydrogen-bond acceptors (Lipinski definition) is 2. The van der Waals surface area contributed by atoms with E-state index in [1.54, 1.807) is 6.20 Å². The van der Waals surface area contributed by atoms with E-state index < -0.39 is 0 Å². The van der Waals surface area contributed by atoms with Crippen molar-refractivity contribution < 1.29 is 0 Å². The molecule has 1 unspecified atom stereocenters. The quantitative estimate of drug-likeness (QED) is 0.894. The molecule has 1 heterocycles. The van der Waals surface area contributed by atoms with Gasteiger partial charge in [0.25, 0.3) is 0 Å². The SMILES string of the molecule is CCc1ccc(C(C)Nc2ncccc2Br)cc1. The first-order chi connectivity index (χ1) is 8.70. The van der Waals surface area contributed by atoms with Crippen molar-refractivity contribution in [2.45, 2.75) is 26.3 Å². The molecule has 0 aliphatic heterocycles. The monoisotopic (exact) mass is 304 g/mol. The molecular formula is C15H17BrN2. The van der Waals surface area contributed by atoms with Crippen LogP contribution in [0.1, 0.15) is 31.0 Å². The third-order valence-electron chi connectivity index (χ3n) is 3.00. The Bertz CT molecular complexity index is 508. The van der Waals surface area contributed by atoms with Gasteiger partial charge in [-0.2, -0.15) is 0 Å². The largest absolute Gasteiger partial charge is 0.363 e. The molecule has 1 atom stereocenters. The summed E-state index contributed by atoms with van der Waals surface area (Å²) in [7, 11) is 0. The minimum Gasteiger partial charge on any atom is -0.363 e. The molecule has 18 heavy (non-hydrogen) atoms. The highest BCUT2D eigenvalue weighted by atomic mass is 79.9. The number of aryl methyl sites for hydroxylation is 1. The van der Waals surface area contributed by atoms with Crippen LogP contribution >= 0.6 is 15.9 Å². The summed E-state index contributed by atoms with van der Waals surface area (Å²) < 4.78 is 0.988. The van der Waals surface area contributed by atoms with Crippen LogP contribution in [0.3, 0.4) is 0 Å². The van der Waals surface area contributed by atoms with E-state index in [0.717, 1.165) is 16.7 Å². The summed E-state index contributed by atoms with van der Waals surface area (Å²) in [5, 5.41) is 3.41. The van der Waals surface area contributed by atoms with Crippen molar-refractivity contribution in [1.82, 2.24) is 4.98 Å². The van der Waals surface area contributed by atoms with Crippen LogP contribution in [0.4, 0.5) is 5.82 Å². The lowest BCUT2D eigenvalue weighted by molar-refractivity contribution is 0.871. The maximum atomic E-state index is 4.32. The van der Waals surface area contributed by atoms with Crippen molar-refractivity contribution in [3.8, 4) is 0 Å². The van der Waals surface area contributed by atoms with Crippen molar-refractivity contribution in [2.75, 3.05) is 5.32 Å². The molecule has 2 nitrogen and oxygen atoms in total. The summed E-state index contributed by atoms with van der Waals surface area (Å²) in [6.45, 7) is 4.31. The van der Waals surface area contributed by atoms with Crippen molar-refractivity contribution in [1.29, 1.82) is 0 Å². The molecule has 0 bridgehead atoms. The van der Waals surface area contributed by atoms with E-state index in [2.05, 4.69) is 64.3 Å². The van der Waals surface area contributed by atoms with Gasteiger partial charge < -0.3 is 5.32 Å². The smallest absolute Gasteiger partial charge is 0.140 e. The van der Waals surface area contributed by atoms with Crippen LogP contribution in [0.25, 0.3) is 0 Å². The number of halogens is 1. The van der Waals surface area contributed by atoms with Crippen molar-refractivity contribution in [3.63, 3.8) is 0 Å². The number of aromatic nitrogens is 1. The van der Waals surface area contributed by atoms with E-state index >= 15 is 0 Å². The lowest BCUT2D eigenvalue weighted by Gasteiger charge is -2.16. The Kier molecular flexibility index (Phi) is 4.37. The first kappa shape index (κ1) is 13.1. The molecule has 0 aliphatic carbocycles. The molecule has 0 radical (unpaired) electrons. The Balaban J connectivity index is 2.11. The second kappa shape index (κ2) is 6.01. The highest BCUT2D eigenvalue weighted by molar-refractivity contribution is 9.10. The van der Waals surface area contributed by atoms with Gasteiger partial charge in [0.05, 0.1) is 4.47 Å². The van der Waals surface area contributed by atoms with Crippen LogP contribution in [0.15, 0.2) is 47.1 Å². The molecule has 0 fully saturated rings. The van der Waals surface area contributed by atoms with E-state index in [0.29, 0.717) is 0 Å². The van der Waals surface area contributed by atoms with Crippen molar-refractivity contribution in [3.05, 3.63) is 58.2 Å². The van der Waals surface area contributed by atoms with E-state index in [1.807, 2.05) is 12.1 Å². The molecule has 2 aromatic rings. The summed E-state index contributed by atoms with van der Waals surface area (Å²) in [6.07, 6.45) is 2.87. The van der Waals surface area contributed by atoms with Gasteiger partial charge in [-0.15, -0.1) is 0 Å².